The van der Waals surface area contributed by atoms with Gasteiger partial charge in [0.1, 0.15) is 0 Å². The molecule has 1 atom stereocenters. The van der Waals surface area contributed by atoms with Gasteiger partial charge in [-0.2, -0.15) is 0 Å². The molecule has 0 aliphatic heterocycles. The topological polar surface area (TPSA) is 84.5 Å². The van der Waals surface area contributed by atoms with Gasteiger partial charge in [-0.15, -0.1) is 11.3 Å². The molecule has 2 N–H and O–H groups in total. The highest BCUT2D eigenvalue weighted by molar-refractivity contribution is 7.12. The summed E-state index contributed by atoms with van der Waals surface area (Å²) in [6.07, 6.45) is -1.07. The molecule has 0 radical (unpaired) electrons. The van der Waals surface area contributed by atoms with Crippen LogP contribution in [-0.4, -0.2) is 30.4 Å². The number of anilines is 1. The summed E-state index contributed by atoms with van der Waals surface area (Å²) < 4.78 is 5.05. The number of carbonyl (C=O) groups is 3. The highest BCUT2D eigenvalue weighted by atomic mass is 35.5. The van der Waals surface area contributed by atoms with Crippen LogP contribution in [-0.2, 0) is 14.3 Å². The second-order valence-electron chi connectivity index (χ2n) is 5.21. The normalized spacial score (nSPS) is 11.5. The number of halogens is 2. The third-order valence-electron chi connectivity index (χ3n) is 3.25. The fraction of sp³-hybridized carbons (Fsp3) is 0.235. The van der Waals surface area contributed by atoms with Gasteiger partial charge in [-0.25, -0.2) is 0 Å². The summed E-state index contributed by atoms with van der Waals surface area (Å²) in [6, 6.07) is 8.26. The molecule has 1 heterocycles. The van der Waals surface area contributed by atoms with Crippen LogP contribution in [0.25, 0.3) is 0 Å². The molecule has 1 aromatic carbocycles. The largest absolute Gasteiger partial charge is 0.452 e. The van der Waals surface area contributed by atoms with Gasteiger partial charge in [0.15, 0.2) is 6.10 Å². The van der Waals surface area contributed by atoms with Crippen LogP contribution in [0.4, 0.5) is 5.69 Å². The van der Waals surface area contributed by atoms with Crippen molar-refractivity contribution in [2.75, 3.05) is 11.9 Å². The minimum absolute atomic E-state index is 0.0490. The van der Waals surface area contributed by atoms with Crippen molar-refractivity contribution >= 4 is 58.0 Å². The van der Waals surface area contributed by atoms with Gasteiger partial charge < -0.3 is 15.4 Å². The van der Waals surface area contributed by atoms with E-state index in [-0.39, 0.29) is 23.9 Å². The van der Waals surface area contributed by atoms with Crippen LogP contribution in [0, 0.1) is 0 Å². The van der Waals surface area contributed by atoms with Crippen molar-refractivity contribution in [2.24, 2.45) is 0 Å². The van der Waals surface area contributed by atoms with Crippen molar-refractivity contribution in [3.05, 3.63) is 50.6 Å². The maximum atomic E-state index is 12.1. The molecular weight excluding hydrogens is 399 g/mol. The highest BCUT2D eigenvalue weighted by Gasteiger charge is 2.19. The standard InChI is InChI=1S/C17H16Cl2N2O4S/c1-10(16(23)21-12-5-2-4-11(18)15(12)19)25-14(22)7-8-20-17(24)13-6-3-9-26-13/h2-6,9-10H,7-8H2,1H3,(H,20,24)(H,21,23). The lowest BCUT2D eigenvalue weighted by Crippen LogP contribution is -2.32. The Balaban J connectivity index is 1.76. The zero-order valence-corrected chi connectivity index (χ0v) is 16.1. The average Bonchev–Trinajstić information content (AvgIpc) is 3.13. The zero-order chi connectivity index (χ0) is 19.1. The van der Waals surface area contributed by atoms with Crippen LogP contribution in [0.2, 0.25) is 10.0 Å². The number of thiophene rings is 1. The summed E-state index contributed by atoms with van der Waals surface area (Å²) in [4.78, 5) is 36.2. The predicted octanol–water partition coefficient (Wildman–Crippen LogP) is 3.75. The second kappa shape index (κ2) is 9.56. The number of hydrogen-bond acceptors (Lipinski definition) is 5. The summed E-state index contributed by atoms with van der Waals surface area (Å²) in [5.74, 6) is -1.39. The first kappa shape index (κ1) is 20.2. The Morgan fingerprint density at radius 1 is 1.19 bits per heavy atom. The molecule has 2 amide bonds. The number of nitrogens with one attached hydrogen (secondary N) is 2. The van der Waals surface area contributed by atoms with Gasteiger partial charge in [0.25, 0.3) is 11.8 Å². The molecule has 2 rings (SSSR count). The zero-order valence-electron chi connectivity index (χ0n) is 13.8. The number of ether oxygens (including phenoxy) is 1. The van der Waals surface area contributed by atoms with Crippen molar-refractivity contribution in [2.45, 2.75) is 19.4 Å². The molecule has 9 heteroatoms. The Morgan fingerprint density at radius 2 is 1.96 bits per heavy atom. The van der Waals surface area contributed by atoms with Crippen LogP contribution in [0.1, 0.15) is 23.0 Å². The number of rotatable bonds is 7. The van der Waals surface area contributed by atoms with E-state index in [2.05, 4.69) is 10.6 Å². The lowest BCUT2D eigenvalue weighted by atomic mass is 10.3. The van der Waals surface area contributed by atoms with E-state index in [1.165, 1.54) is 18.3 Å². The van der Waals surface area contributed by atoms with E-state index in [1.54, 1.807) is 35.7 Å². The number of hydrogen-bond donors (Lipinski definition) is 2. The molecular formula is C17H16Cl2N2O4S. The van der Waals surface area contributed by atoms with E-state index in [4.69, 9.17) is 27.9 Å². The number of amides is 2. The molecule has 0 fully saturated rings. The van der Waals surface area contributed by atoms with Crippen molar-refractivity contribution in [3.8, 4) is 0 Å². The maximum Gasteiger partial charge on any atom is 0.308 e. The first-order valence-electron chi connectivity index (χ1n) is 7.64. The van der Waals surface area contributed by atoms with Crippen LogP contribution < -0.4 is 10.6 Å². The Labute approximate surface area is 164 Å². The molecule has 1 aromatic heterocycles. The highest BCUT2D eigenvalue weighted by Crippen LogP contribution is 2.29. The minimum Gasteiger partial charge on any atom is -0.452 e. The van der Waals surface area contributed by atoms with E-state index < -0.39 is 18.0 Å². The summed E-state index contributed by atoms with van der Waals surface area (Å²) in [5, 5.41) is 7.45. The Morgan fingerprint density at radius 3 is 2.65 bits per heavy atom. The first-order valence-corrected chi connectivity index (χ1v) is 9.28. The SMILES string of the molecule is CC(OC(=O)CCNC(=O)c1cccs1)C(=O)Nc1cccc(Cl)c1Cl. The summed E-state index contributed by atoms with van der Waals surface area (Å²) in [5.41, 5.74) is 0.329. The van der Waals surface area contributed by atoms with Crippen LogP contribution in [0.3, 0.4) is 0 Å². The van der Waals surface area contributed by atoms with Gasteiger partial charge in [-0.1, -0.05) is 35.3 Å². The molecule has 0 aliphatic carbocycles. The quantitative estimate of drug-likeness (QED) is 0.675. The van der Waals surface area contributed by atoms with Gasteiger partial charge >= 0.3 is 5.97 Å². The van der Waals surface area contributed by atoms with Gasteiger partial charge in [-0.3, -0.25) is 14.4 Å². The van der Waals surface area contributed by atoms with Gasteiger partial charge in [0.2, 0.25) is 0 Å². The van der Waals surface area contributed by atoms with Crippen molar-refractivity contribution in [1.29, 1.82) is 0 Å². The lowest BCUT2D eigenvalue weighted by molar-refractivity contribution is -0.153. The first-order chi connectivity index (χ1) is 12.4. The number of esters is 1. The average molecular weight is 415 g/mol. The van der Waals surface area contributed by atoms with E-state index in [0.717, 1.165) is 0 Å². The maximum absolute atomic E-state index is 12.1. The smallest absolute Gasteiger partial charge is 0.308 e. The lowest BCUT2D eigenvalue weighted by Gasteiger charge is -2.14. The van der Waals surface area contributed by atoms with Crippen molar-refractivity contribution in [3.63, 3.8) is 0 Å². The molecule has 2 aromatic rings. The van der Waals surface area contributed by atoms with Gasteiger partial charge in [-0.05, 0) is 30.5 Å². The number of benzene rings is 1. The van der Waals surface area contributed by atoms with E-state index >= 15 is 0 Å². The third-order valence-corrected chi connectivity index (χ3v) is 4.93. The molecule has 0 saturated carbocycles. The van der Waals surface area contributed by atoms with Gasteiger partial charge in [0.05, 0.1) is 27.0 Å². The fourth-order valence-electron chi connectivity index (χ4n) is 1.92. The van der Waals surface area contributed by atoms with Gasteiger partial charge in [0, 0.05) is 6.54 Å². The molecule has 138 valence electrons. The molecule has 0 spiro atoms. The van der Waals surface area contributed by atoms with Crippen LogP contribution >= 0.6 is 34.5 Å². The Hall–Kier alpha value is -2.09. The summed E-state index contributed by atoms with van der Waals surface area (Å²) >= 11 is 13.2. The molecule has 26 heavy (non-hydrogen) atoms. The fourth-order valence-corrected chi connectivity index (χ4v) is 2.91. The number of carbonyl (C=O) groups excluding carboxylic acids is 3. The predicted molar refractivity (Wildman–Crippen MR) is 102 cm³/mol. The van der Waals surface area contributed by atoms with E-state index in [0.29, 0.717) is 15.6 Å². The second-order valence-corrected chi connectivity index (χ2v) is 6.94. The van der Waals surface area contributed by atoms with E-state index in [1.807, 2.05) is 0 Å². The van der Waals surface area contributed by atoms with Crippen molar-refractivity contribution in [1.82, 2.24) is 5.32 Å². The summed E-state index contributed by atoms with van der Waals surface area (Å²) in [6.45, 7) is 1.56. The molecule has 6 nitrogen and oxygen atoms in total. The third kappa shape index (κ3) is 5.72. The molecule has 0 aliphatic rings. The van der Waals surface area contributed by atoms with Crippen molar-refractivity contribution < 1.29 is 19.1 Å². The van der Waals surface area contributed by atoms with Crippen LogP contribution in [0.5, 0.6) is 0 Å². The van der Waals surface area contributed by atoms with Crippen LogP contribution in [0.15, 0.2) is 35.7 Å². The monoisotopic (exact) mass is 414 g/mol. The Bertz CT molecular complexity index is 796. The molecule has 0 saturated heterocycles. The molecule has 1 unspecified atom stereocenters. The molecule has 0 bridgehead atoms. The summed E-state index contributed by atoms with van der Waals surface area (Å²) in [7, 11) is 0. The Kier molecular flexibility index (Phi) is 7.44. The minimum atomic E-state index is -1.02. The van der Waals surface area contributed by atoms with E-state index in [9.17, 15) is 14.4 Å².